The van der Waals surface area contributed by atoms with E-state index in [1.807, 2.05) is 20.9 Å². The predicted molar refractivity (Wildman–Crippen MR) is 84.0 cm³/mol. The Morgan fingerprint density at radius 1 is 1.48 bits per heavy atom. The predicted octanol–water partition coefficient (Wildman–Crippen LogP) is 1.85. The average Bonchev–Trinajstić information content (AvgIpc) is 3.07. The van der Waals surface area contributed by atoms with E-state index in [0.717, 1.165) is 17.0 Å². The summed E-state index contributed by atoms with van der Waals surface area (Å²) in [6, 6.07) is 3.09. The Hall–Kier alpha value is -2.41. The van der Waals surface area contributed by atoms with Gasteiger partial charge in [0.1, 0.15) is 0 Å². The minimum Gasteiger partial charge on any atom is -0.504 e. The minimum atomic E-state index is -0.335. The zero-order valence-electron chi connectivity index (χ0n) is 13.4. The van der Waals surface area contributed by atoms with Gasteiger partial charge in [0.25, 0.3) is 0 Å². The van der Waals surface area contributed by atoms with Crippen molar-refractivity contribution in [2.24, 2.45) is 13.0 Å². The van der Waals surface area contributed by atoms with Gasteiger partial charge in [-0.1, -0.05) is 0 Å². The molecular weight excluding hydrogens is 296 g/mol. The maximum atomic E-state index is 12.6. The molecule has 2 aromatic rings. The second-order valence-corrected chi connectivity index (χ2v) is 5.76. The van der Waals surface area contributed by atoms with Crippen LogP contribution in [0.5, 0.6) is 5.75 Å². The van der Waals surface area contributed by atoms with E-state index in [1.165, 1.54) is 12.3 Å². The van der Waals surface area contributed by atoms with E-state index in [9.17, 15) is 9.90 Å². The molecule has 7 nitrogen and oxygen atoms in total. The van der Waals surface area contributed by atoms with Crippen LogP contribution in [-0.4, -0.2) is 32.4 Å². The second kappa shape index (κ2) is 6.00. The lowest BCUT2D eigenvalue weighted by Gasteiger charge is -2.19. The summed E-state index contributed by atoms with van der Waals surface area (Å²) in [5, 5.41) is 16.8. The molecule has 0 bridgehead atoms. The SMILES string of the molecule is Cc1nn(C)c(C)c1[C@H]1OCC[C@@H]1C(=O)Nc1ncccc1O. The van der Waals surface area contributed by atoms with E-state index in [2.05, 4.69) is 15.4 Å². The molecule has 1 aliphatic heterocycles. The summed E-state index contributed by atoms with van der Waals surface area (Å²) in [4.78, 5) is 16.6. The summed E-state index contributed by atoms with van der Waals surface area (Å²) in [5.74, 6) is -0.421. The summed E-state index contributed by atoms with van der Waals surface area (Å²) >= 11 is 0. The first-order valence-electron chi connectivity index (χ1n) is 7.55. The van der Waals surface area contributed by atoms with Gasteiger partial charge >= 0.3 is 0 Å². The van der Waals surface area contributed by atoms with Gasteiger partial charge in [-0.2, -0.15) is 5.10 Å². The Kier molecular flexibility index (Phi) is 4.04. The molecule has 2 N–H and O–H groups in total. The van der Waals surface area contributed by atoms with E-state index in [-0.39, 0.29) is 29.5 Å². The van der Waals surface area contributed by atoms with Crippen molar-refractivity contribution in [2.75, 3.05) is 11.9 Å². The van der Waals surface area contributed by atoms with Gasteiger partial charge in [0, 0.05) is 31.1 Å². The molecule has 2 aromatic heterocycles. The zero-order chi connectivity index (χ0) is 16.6. The van der Waals surface area contributed by atoms with Gasteiger partial charge in [-0.3, -0.25) is 9.48 Å². The van der Waals surface area contributed by atoms with Crippen molar-refractivity contribution in [3.63, 3.8) is 0 Å². The van der Waals surface area contributed by atoms with Gasteiger partial charge in [-0.05, 0) is 32.4 Å². The molecule has 122 valence electrons. The number of carbonyl (C=O) groups is 1. The minimum absolute atomic E-state index is 0.0509. The van der Waals surface area contributed by atoms with Crippen LogP contribution in [-0.2, 0) is 16.6 Å². The van der Waals surface area contributed by atoms with Crippen LogP contribution in [0.4, 0.5) is 5.82 Å². The molecule has 0 radical (unpaired) electrons. The highest BCUT2D eigenvalue weighted by molar-refractivity contribution is 5.93. The van der Waals surface area contributed by atoms with Crippen LogP contribution >= 0.6 is 0 Å². The van der Waals surface area contributed by atoms with Crippen LogP contribution in [0.2, 0.25) is 0 Å². The molecule has 23 heavy (non-hydrogen) atoms. The molecule has 0 aliphatic carbocycles. The standard InChI is InChI=1S/C16H20N4O3/c1-9-13(10(2)20(3)19-9)14-11(6-8-23-14)16(22)18-15-12(21)5-4-7-17-15/h4-5,7,11,14,21H,6,8H2,1-3H3,(H,17,18,22)/t11-,14-/m0/s1. The van der Waals surface area contributed by atoms with E-state index in [0.29, 0.717) is 13.0 Å². The first-order valence-corrected chi connectivity index (χ1v) is 7.55. The van der Waals surface area contributed by atoms with Gasteiger partial charge in [-0.15, -0.1) is 0 Å². The number of ether oxygens (including phenoxy) is 1. The summed E-state index contributed by atoms with van der Waals surface area (Å²) in [5.41, 5.74) is 2.83. The first kappa shape index (κ1) is 15.5. The number of carbonyl (C=O) groups excluding carboxylic acids is 1. The molecule has 3 heterocycles. The quantitative estimate of drug-likeness (QED) is 0.902. The molecule has 2 atom stereocenters. The number of aromatic nitrogens is 3. The molecule has 1 saturated heterocycles. The molecule has 1 amide bonds. The largest absolute Gasteiger partial charge is 0.504 e. The lowest BCUT2D eigenvalue weighted by atomic mass is 9.93. The van der Waals surface area contributed by atoms with E-state index < -0.39 is 0 Å². The van der Waals surface area contributed by atoms with Gasteiger partial charge < -0.3 is 15.2 Å². The van der Waals surface area contributed by atoms with Gasteiger partial charge in [0.2, 0.25) is 5.91 Å². The third kappa shape index (κ3) is 2.79. The Bertz CT molecular complexity index is 741. The first-order chi connectivity index (χ1) is 11.0. The number of rotatable bonds is 3. The van der Waals surface area contributed by atoms with Crippen LogP contribution in [0.1, 0.15) is 29.5 Å². The Balaban J connectivity index is 1.84. The third-order valence-electron chi connectivity index (χ3n) is 4.31. The lowest BCUT2D eigenvalue weighted by molar-refractivity contribution is -0.121. The number of hydrogen-bond acceptors (Lipinski definition) is 5. The maximum absolute atomic E-state index is 12.6. The highest BCUT2D eigenvalue weighted by atomic mass is 16.5. The molecule has 0 unspecified atom stereocenters. The Morgan fingerprint density at radius 2 is 2.26 bits per heavy atom. The number of aryl methyl sites for hydroxylation is 2. The van der Waals surface area contributed by atoms with E-state index >= 15 is 0 Å². The topological polar surface area (TPSA) is 89.3 Å². The van der Waals surface area contributed by atoms with Crippen LogP contribution in [0.25, 0.3) is 0 Å². The van der Waals surface area contributed by atoms with Gasteiger partial charge in [0.15, 0.2) is 11.6 Å². The number of nitrogens with one attached hydrogen (secondary N) is 1. The maximum Gasteiger partial charge on any atom is 0.231 e. The highest BCUT2D eigenvalue weighted by Crippen LogP contribution is 2.38. The molecule has 1 aliphatic rings. The van der Waals surface area contributed by atoms with Crippen molar-refractivity contribution in [1.82, 2.24) is 14.8 Å². The van der Waals surface area contributed by atoms with Crippen molar-refractivity contribution in [1.29, 1.82) is 0 Å². The van der Waals surface area contributed by atoms with Crippen molar-refractivity contribution in [3.8, 4) is 5.75 Å². The van der Waals surface area contributed by atoms with Crippen molar-refractivity contribution >= 4 is 11.7 Å². The molecule has 0 spiro atoms. The summed E-state index contributed by atoms with van der Waals surface area (Å²) in [6.45, 7) is 4.41. The molecule has 1 fully saturated rings. The van der Waals surface area contributed by atoms with Crippen molar-refractivity contribution < 1.29 is 14.6 Å². The summed E-state index contributed by atoms with van der Waals surface area (Å²) < 4.78 is 7.62. The average molecular weight is 316 g/mol. The van der Waals surface area contributed by atoms with Crippen LogP contribution < -0.4 is 5.32 Å². The number of hydrogen-bond donors (Lipinski definition) is 2. The number of anilines is 1. The van der Waals surface area contributed by atoms with Crippen LogP contribution in [0.3, 0.4) is 0 Å². The zero-order valence-corrected chi connectivity index (χ0v) is 13.4. The van der Waals surface area contributed by atoms with Crippen LogP contribution in [0.15, 0.2) is 18.3 Å². The van der Waals surface area contributed by atoms with Gasteiger partial charge in [-0.25, -0.2) is 4.98 Å². The molecular formula is C16H20N4O3. The fourth-order valence-electron chi connectivity index (χ4n) is 3.05. The summed E-state index contributed by atoms with van der Waals surface area (Å²) in [6.07, 6.45) is 1.82. The molecule has 7 heteroatoms. The fraction of sp³-hybridized carbons (Fsp3) is 0.438. The van der Waals surface area contributed by atoms with E-state index in [1.54, 1.807) is 10.7 Å². The molecule has 0 aromatic carbocycles. The van der Waals surface area contributed by atoms with Crippen LogP contribution in [0, 0.1) is 19.8 Å². The fourth-order valence-corrected chi connectivity index (χ4v) is 3.05. The Labute approximate surface area is 134 Å². The smallest absolute Gasteiger partial charge is 0.231 e. The summed E-state index contributed by atoms with van der Waals surface area (Å²) in [7, 11) is 1.88. The van der Waals surface area contributed by atoms with Gasteiger partial charge in [0.05, 0.1) is 17.7 Å². The number of aromatic hydroxyl groups is 1. The number of amides is 1. The number of pyridine rings is 1. The third-order valence-corrected chi connectivity index (χ3v) is 4.31. The Morgan fingerprint density at radius 3 is 2.91 bits per heavy atom. The second-order valence-electron chi connectivity index (χ2n) is 5.76. The van der Waals surface area contributed by atoms with E-state index in [4.69, 9.17) is 4.74 Å². The lowest BCUT2D eigenvalue weighted by Crippen LogP contribution is -2.26. The molecule has 0 saturated carbocycles. The normalized spacial score (nSPS) is 20.7. The number of nitrogens with zero attached hydrogens (tertiary/aromatic N) is 3. The monoisotopic (exact) mass is 316 g/mol. The van der Waals surface area contributed by atoms with Crippen molar-refractivity contribution in [2.45, 2.75) is 26.4 Å². The highest BCUT2D eigenvalue weighted by Gasteiger charge is 2.38. The molecule has 3 rings (SSSR count). The van der Waals surface area contributed by atoms with Crippen molar-refractivity contribution in [3.05, 3.63) is 35.3 Å².